The number of amides is 1. The highest BCUT2D eigenvalue weighted by atomic mass is 16.5. The van der Waals surface area contributed by atoms with Crippen molar-refractivity contribution in [2.75, 3.05) is 13.2 Å². The molecule has 32 heavy (non-hydrogen) atoms. The fourth-order valence-electron chi connectivity index (χ4n) is 4.00. The Balaban J connectivity index is 1.50. The van der Waals surface area contributed by atoms with Crippen molar-refractivity contribution in [3.63, 3.8) is 0 Å². The second kappa shape index (κ2) is 9.20. The van der Waals surface area contributed by atoms with Gasteiger partial charge in [-0.1, -0.05) is 6.07 Å². The molecular formula is C24H25N5O3. The molecule has 1 fully saturated rings. The molecule has 1 aliphatic rings. The van der Waals surface area contributed by atoms with Crippen LogP contribution in [0, 0.1) is 24.2 Å². The summed E-state index contributed by atoms with van der Waals surface area (Å²) >= 11 is 0. The predicted molar refractivity (Wildman–Crippen MR) is 118 cm³/mol. The monoisotopic (exact) mass is 431 g/mol. The van der Waals surface area contributed by atoms with Crippen LogP contribution in [0.3, 0.4) is 0 Å². The number of carbonyl (C=O) groups excluding carboxylic acids is 1. The van der Waals surface area contributed by atoms with Gasteiger partial charge in [0.2, 0.25) is 5.88 Å². The molecule has 0 aliphatic carbocycles. The van der Waals surface area contributed by atoms with Crippen molar-refractivity contribution in [2.24, 2.45) is 5.92 Å². The molecule has 164 valence electrons. The van der Waals surface area contributed by atoms with E-state index in [1.54, 1.807) is 36.5 Å². The Morgan fingerprint density at radius 1 is 1.25 bits per heavy atom. The maximum atomic E-state index is 12.6. The van der Waals surface area contributed by atoms with Crippen molar-refractivity contribution in [1.29, 1.82) is 5.26 Å². The van der Waals surface area contributed by atoms with E-state index >= 15 is 0 Å². The molecule has 2 N–H and O–H groups in total. The number of hydrogen-bond donors (Lipinski definition) is 2. The van der Waals surface area contributed by atoms with Crippen LogP contribution in [0.2, 0.25) is 0 Å². The minimum atomic E-state index is -0.179. The number of hydrogen-bond acceptors (Lipinski definition) is 6. The van der Waals surface area contributed by atoms with Crippen LogP contribution in [-0.2, 0) is 4.74 Å². The van der Waals surface area contributed by atoms with Gasteiger partial charge in [0.25, 0.3) is 5.91 Å². The molecule has 1 atom stereocenters. The summed E-state index contributed by atoms with van der Waals surface area (Å²) in [5.41, 5.74) is 3.19. The van der Waals surface area contributed by atoms with Gasteiger partial charge in [0, 0.05) is 25.5 Å². The van der Waals surface area contributed by atoms with Gasteiger partial charge < -0.3 is 15.2 Å². The molecule has 0 radical (unpaired) electrons. The van der Waals surface area contributed by atoms with E-state index in [0.29, 0.717) is 28.4 Å². The second-order valence-electron chi connectivity index (χ2n) is 8.05. The largest absolute Gasteiger partial charge is 0.493 e. The van der Waals surface area contributed by atoms with Crippen molar-refractivity contribution in [3.8, 4) is 28.9 Å². The average molecular weight is 431 g/mol. The van der Waals surface area contributed by atoms with Crippen LogP contribution in [0.4, 0.5) is 0 Å². The lowest BCUT2D eigenvalue weighted by Crippen LogP contribution is -2.40. The Labute approximate surface area is 186 Å². The molecule has 0 bridgehead atoms. The second-order valence-corrected chi connectivity index (χ2v) is 8.05. The third kappa shape index (κ3) is 4.34. The summed E-state index contributed by atoms with van der Waals surface area (Å²) in [4.78, 5) is 16.9. The summed E-state index contributed by atoms with van der Waals surface area (Å²) in [7, 11) is 0. The summed E-state index contributed by atoms with van der Waals surface area (Å²) in [6.45, 7) is 5.36. The van der Waals surface area contributed by atoms with E-state index in [9.17, 15) is 9.90 Å². The molecule has 1 amide bonds. The minimum Gasteiger partial charge on any atom is -0.493 e. The normalized spacial score (nSPS) is 15.2. The van der Waals surface area contributed by atoms with E-state index in [1.807, 2.05) is 13.8 Å². The quantitative estimate of drug-likeness (QED) is 0.640. The van der Waals surface area contributed by atoms with Crippen LogP contribution in [0.5, 0.6) is 5.88 Å². The van der Waals surface area contributed by atoms with E-state index in [1.165, 1.54) is 10.9 Å². The van der Waals surface area contributed by atoms with Gasteiger partial charge in [-0.05, 0) is 68.0 Å². The van der Waals surface area contributed by atoms with Gasteiger partial charge in [0.1, 0.15) is 0 Å². The van der Waals surface area contributed by atoms with Crippen LogP contribution in [0.1, 0.15) is 41.3 Å². The molecule has 8 heteroatoms. The first-order valence-corrected chi connectivity index (χ1v) is 10.6. The van der Waals surface area contributed by atoms with Crippen LogP contribution < -0.4 is 5.32 Å². The zero-order valence-corrected chi connectivity index (χ0v) is 18.1. The van der Waals surface area contributed by atoms with Crippen molar-refractivity contribution in [3.05, 3.63) is 59.4 Å². The van der Waals surface area contributed by atoms with Gasteiger partial charge in [-0.2, -0.15) is 15.0 Å². The first kappa shape index (κ1) is 21.5. The van der Waals surface area contributed by atoms with Gasteiger partial charge >= 0.3 is 0 Å². The van der Waals surface area contributed by atoms with Crippen LogP contribution in [-0.4, -0.2) is 45.0 Å². The van der Waals surface area contributed by atoms with Crippen molar-refractivity contribution < 1.29 is 14.6 Å². The zero-order chi connectivity index (χ0) is 22.7. The number of pyridine rings is 1. The summed E-state index contributed by atoms with van der Waals surface area (Å²) in [6.07, 6.45) is 4.92. The molecular weight excluding hydrogens is 406 g/mol. The third-order valence-corrected chi connectivity index (χ3v) is 5.95. The molecule has 3 heterocycles. The predicted octanol–water partition coefficient (Wildman–Crippen LogP) is 3.36. The summed E-state index contributed by atoms with van der Waals surface area (Å²) < 4.78 is 6.71. The number of carbonyl (C=O) groups is 1. The van der Waals surface area contributed by atoms with Crippen LogP contribution in [0.15, 0.2) is 42.7 Å². The Kier molecular flexibility index (Phi) is 6.19. The smallest absolute Gasteiger partial charge is 0.253 e. The average Bonchev–Trinajstić information content (AvgIpc) is 3.20. The molecule has 2 aromatic heterocycles. The first-order valence-electron chi connectivity index (χ1n) is 10.6. The Bertz CT molecular complexity index is 1160. The van der Waals surface area contributed by atoms with Crippen molar-refractivity contribution in [1.82, 2.24) is 20.1 Å². The Morgan fingerprint density at radius 3 is 2.69 bits per heavy atom. The lowest BCUT2D eigenvalue weighted by molar-refractivity contribution is 0.0538. The maximum Gasteiger partial charge on any atom is 0.253 e. The first-order chi connectivity index (χ1) is 15.5. The van der Waals surface area contributed by atoms with E-state index in [0.717, 1.165) is 37.2 Å². The molecule has 8 nitrogen and oxygen atoms in total. The number of rotatable bonds is 5. The Morgan fingerprint density at radius 2 is 2.03 bits per heavy atom. The van der Waals surface area contributed by atoms with E-state index in [2.05, 4.69) is 21.5 Å². The summed E-state index contributed by atoms with van der Waals surface area (Å²) in [6, 6.07) is 10.7. The fourth-order valence-corrected chi connectivity index (χ4v) is 4.00. The molecule has 1 aliphatic heterocycles. The van der Waals surface area contributed by atoms with Crippen LogP contribution in [0.25, 0.3) is 16.9 Å². The molecule has 3 aromatic rings. The number of aromatic hydroxyl groups is 1. The van der Waals surface area contributed by atoms with E-state index in [4.69, 9.17) is 10.00 Å². The standard InChI is InChI=1S/C24H25N5O3/c1-15-11-17(12-25)3-5-20(15)21-14-27-29(24(21)31)22-6-4-19(13-26-22)23(30)28-16(2)18-7-9-32-10-8-18/h3-6,11,13-14,16,18,31H,7-10H2,1-2H3,(H,28,30)/t16-/m1/s1. The Hall–Kier alpha value is -3.70. The van der Waals surface area contributed by atoms with Crippen LogP contribution >= 0.6 is 0 Å². The van der Waals surface area contributed by atoms with E-state index in [-0.39, 0.29) is 17.8 Å². The molecule has 0 spiro atoms. The topological polar surface area (TPSA) is 113 Å². The number of benzene rings is 1. The highest BCUT2D eigenvalue weighted by Crippen LogP contribution is 2.33. The van der Waals surface area contributed by atoms with Crippen molar-refractivity contribution >= 4 is 5.91 Å². The molecule has 1 saturated heterocycles. The minimum absolute atomic E-state index is 0.0551. The number of ether oxygens (including phenoxy) is 1. The van der Waals surface area contributed by atoms with Crippen molar-refractivity contribution in [2.45, 2.75) is 32.7 Å². The number of nitrogens with zero attached hydrogens (tertiary/aromatic N) is 4. The number of nitrogens with one attached hydrogen (secondary N) is 1. The van der Waals surface area contributed by atoms with Gasteiger partial charge in [0.15, 0.2) is 5.82 Å². The van der Waals surface area contributed by atoms with Gasteiger partial charge in [-0.25, -0.2) is 4.98 Å². The zero-order valence-electron chi connectivity index (χ0n) is 18.1. The lowest BCUT2D eigenvalue weighted by atomic mass is 9.93. The molecule has 1 aromatic carbocycles. The number of aryl methyl sites for hydroxylation is 1. The van der Waals surface area contributed by atoms with Gasteiger partial charge in [0.05, 0.1) is 29.0 Å². The summed E-state index contributed by atoms with van der Waals surface area (Å²) in [5.74, 6) is 0.566. The SMILES string of the molecule is Cc1cc(C#N)ccc1-c1cnn(-c2ccc(C(=O)N[C@H](C)C3CCOCC3)cn2)c1O. The third-order valence-electron chi connectivity index (χ3n) is 5.95. The highest BCUT2D eigenvalue weighted by Gasteiger charge is 2.22. The highest BCUT2D eigenvalue weighted by molar-refractivity contribution is 5.94. The lowest BCUT2D eigenvalue weighted by Gasteiger charge is -2.28. The van der Waals surface area contributed by atoms with Gasteiger partial charge in [-0.3, -0.25) is 4.79 Å². The fraction of sp³-hybridized carbons (Fsp3) is 0.333. The number of aromatic nitrogens is 3. The summed E-state index contributed by atoms with van der Waals surface area (Å²) in [5, 5.41) is 27.1. The molecule has 0 saturated carbocycles. The molecule has 4 rings (SSSR count). The van der Waals surface area contributed by atoms with E-state index < -0.39 is 0 Å². The van der Waals surface area contributed by atoms with Gasteiger partial charge in [-0.15, -0.1) is 0 Å². The maximum absolute atomic E-state index is 12.6. The molecule has 0 unspecified atom stereocenters. The number of nitriles is 1.